The van der Waals surface area contributed by atoms with Crippen molar-refractivity contribution in [1.29, 1.82) is 0 Å². The van der Waals surface area contributed by atoms with Gasteiger partial charge in [0.25, 0.3) is 0 Å². The minimum absolute atomic E-state index is 0.325. The molecule has 0 bridgehead atoms. The minimum Gasteiger partial charge on any atom is -0.361 e. The van der Waals surface area contributed by atoms with Gasteiger partial charge >= 0.3 is 0 Å². The molecule has 3 heterocycles. The van der Waals surface area contributed by atoms with Gasteiger partial charge in [0.1, 0.15) is 5.76 Å². The molecule has 0 saturated carbocycles. The van der Waals surface area contributed by atoms with Gasteiger partial charge in [-0.1, -0.05) is 17.3 Å². The van der Waals surface area contributed by atoms with E-state index in [2.05, 4.69) is 45.5 Å². The fourth-order valence-corrected chi connectivity index (χ4v) is 3.68. The third-order valence-electron chi connectivity index (χ3n) is 3.08. The molecule has 0 aliphatic carbocycles. The third kappa shape index (κ3) is 3.36. The van der Waals surface area contributed by atoms with Gasteiger partial charge in [0.15, 0.2) is 0 Å². The van der Waals surface area contributed by atoms with Crippen LogP contribution in [0.25, 0.3) is 0 Å². The molecule has 0 aliphatic rings. The fourth-order valence-electron chi connectivity index (χ4n) is 2.12. The monoisotopic (exact) mass is 304 g/mol. The fraction of sp³-hybridized carbons (Fsp3) is 0.267. The number of hydrogen-bond acceptors (Lipinski definition) is 5. The lowest BCUT2D eigenvalue weighted by Gasteiger charge is -2.15. The summed E-state index contributed by atoms with van der Waals surface area (Å²) in [5.41, 5.74) is 0.954. The number of aryl methyl sites for hydroxylation is 1. The SMILES string of the molecule is Cc1cc(CNC(Cc2cccs2)c2cccs2)no1. The Morgan fingerprint density at radius 2 is 2.10 bits per heavy atom. The van der Waals surface area contributed by atoms with Crippen LogP contribution in [0.4, 0.5) is 0 Å². The number of aromatic nitrogens is 1. The zero-order chi connectivity index (χ0) is 13.8. The maximum Gasteiger partial charge on any atom is 0.133 e. The molecule has 3 nitrogen and oxygen atoms in total. The first-order valence-corrected chi connectivity index (χ1v) is 8.28. The normalized spacial score (nSPS) is 12.7. The van der Waals surface area contributed by atoms with Crippen LogP contribution in [0, 0.1) is 6.92 Å². The van der Waals surface area contributed by atoms with Crippen LogP contribution in [0.2, 0.25) is 0 Å². The molecule has 0 fully saturated rings. The molecular formula is C15H16N2OS2. The summed E-state index contributed by atoms with van der Waals surface area (Å²) in [5, 5.41) is 11.9. The molecule has 104 valence electrons. The lowest BCUT2D eigenvalue weighted by molar-refractivity contribution is 0.385. The topological polar surface area (TPSA) is 38.1 Å². The van der Waals surface area contributed by atoms with Crippen molar-refractivity contribution >= 4 is 22.7 Å². The van der Waals surface area contributed by atoms with Gasteiger partial charge < -0.3 is 9.84 Å². The van der Waals surface area contributed by atoms with Gasteiger partial charge in [0.2, 0.25) is 0 Å². The molecule has 1 unspecified atom stereocenters. The first kappa shape index (κ1) is 13.5. The Morgan fingerprint density at radius 1 is 1.25 bits per heavy atom. The lowest BCUT2D eigenvalue weighted by Crippen LogP contribution is -2.22. The number of thiophene rings is 2. The predicted octanol–water partition coefficient (Wildman–Crippen LogP) is 4.18. The first-order chi connectivity index (χ1) is 9.81. The molecule has 3 aromatic heterocycles. The molecule has 3 rings (SSSR count). The van der Waals surface area contributed by atoms with Crippen molar-refractivity contribution in [2.24, 2.45) is 0 Å². The molecule has 20 heavy (non-hydrogen) atoms. The Labute approximate surface area is 126 Å². The zero-order valence-electron chi connectivity index (χ0n) is 11.2. The van der Waals surface area contributed by atoms with Gasteiger partial charge in [-0.05, 0) is 29.8 Å². The molecule has 1 N–H and O–H groups in total. The van der Waals surface area contributed by atoms with Crippen LogP contribution in [0.3, 0.4) is 0 Å². The van der Waals surface area contributed by atoms with Crippen LogP contribution in [0.1, 0.15) is 27.3 Å². The molecule has 0 spiro atoms. The van der Waals surface area contributed by atoms with E-state index >= 15 is 0 Å². The highest BCUT2D eigenvalue weighted by Crippen LogP contribution is 2.25. The van der Waals surface area contributed by atoms with Gasteiger partial charge in [-0.3, -0.25) is 0 Å². The standard InChI is InChI=1S/C15H16N2OS2/c1-11-8-12(17-18-11)10-16-14(15-5-3-7-20-15)9-13-4-2-6-19-13/h2-8,14,16H,9-10H2,1H3. The molecular weight excluding hydrogens is 288 g/mol. The van der Waals surface area contributed by atoms with E-state index in [9.17, 15) is 0 Å². The molecule has 5 heteroatoms. The minimum atomic E-state index is 0.325. The summed E-state index contributed by atoms with van der Waals surface area (Å²) in [4.78, 5) is 2.76. The van der Waals surface area contributed by atoms with Gasteiger partial charge in [0, 0.05) is 34.8 Å². The highest BCUT2D eigenvalue weighted by molar-refractivity contribution is 7.10. The summed E-state index contributed by atoms with van der Waals surface area (Å²) in [6, 6.07) is 10.9. The van der Waals surface area contributed by atoms with E-state index < -0.39 is 0 Å². The molecule has 1 atom stereocenters. The van der Waals surface area contributed by atoms with E-state index in [1.165, 1.54) is 9.75 Å². The van der Waals surface area contributed by atoms with Crippen LogP contribution in [-0.2, 0) is 13.0 Å². The quantitative estimate of drug-likeness (QED) is 0.742. The maximum absolute atomic E-state index is 5.11. The van der Waals surface area contributed by atoms with Crippen LogP contribution in [0.5, 0.6) is 0 Å². The molecule has 0 radical (unpaired) electrons. The second kappa shape index (κ2) is 6.35. The zero-order valence-corrected chi connectivity index (χ0v) is 12.8. The summed E-state index contributed by atoms with van der Waals surface area (Å²) in [6.45, 7) is 2.64. The Morgan fingerprint density at radius 3 is 2.75 bits per heavy atom. The van der Waals surface area contributed by atoms with Crippen LogP contribution in [0.15, 0.2) is 45.6 Å². The summed E-state index contributed by atoms with van der Waals surface area (Å²) in [6.07, 6.45) is 1.01. The second-order valence-electron chi connectivity index (χ2n) is 4.66. The molecule has 0 aromatic carbocycles. The highest BCUT2D eigenvalue weighted by Gasteiger charge is 2.14. The van der Waals surface area contributed by atoms with Crippen molar-refractivity contribution < 1.29 is 4.52 Å². The van der Waals surface area contributed by atoms with Gasteiger partial charge in [0.05, 0.1) is 5.69 Å². The Kier molecular flexibility index (Phi) is 4.30. The number of hydrogen-bond donors (Lipinski definition) is 1. The van der Waals surface area contributed by atoms with E-state index in [0.717, 1.165) is 24.4 Å². The third-order valence-corrected chi connectivity index (χ3v) is 4.96. The Balaban J connectivity index is 1.69. The van der Waals surface area contributed by atoms with Gasteiger partial charge in [-0.2, -0.15) is 0 Å². The maximum atomic E-state index is 5.11. The van der Waals surface area contributed by atoms with Crippen LogP contribution < -0.4 is 5.32 Å². The molecule has 0 saturated heterocycles. The van der Waals surface area contributed by atoms with Gasteiger partial charge in [-0.25, -0.2) is 0 Å². The highest BCUT2D eigenvalue weighted by atomic mass is 32.1. The average molecular weight is 304 g/mol. The van der Waals surface area contributed by atoms with E-state index in [-0.39, 0.29) is 0 Å². The smallest absolute Gasteiger partial charge is 0.133 e. The number of nitrogens with one attached hydrogen (secondary N) is 1. The van der Waals surface area contributed by atoms with Crippen LogP contribution >= 0.6 is 22.7 Å². The second-order valence-corrected chi connectivity index (χ2v) is 6.67. The molecule has 0 aliphatic heterocycles. The number of nitrogens with zero attached hydrogens (tertiary/aromatic N) is 1. The van der Waals surface area contributed by atoms with E-state index in [1.807, 2.05) is 13.0 Å². The van der Waals surface area contributed by atoms with Crippen LogP contribution in [-0.4, -0.2) is 5.16 Å². The summed E-state index contributed by atoms with van der Waals surface area (Å²) >= 11 is 3.60. The van der Waals surface area contributed by atoms with Crippen molar-refractivity contribution in [2.45, 2.75) is 25.9 Å². The predicted molar refractivity (Wildman–Crippen MR) is 83.2 cm³/mol. The average Bonchev–Trinajstić information content (AvgIpc) is 3.17. The summed E-state index contributed by atoms with van der Waals surface area (Å²) < 4.78 is 5.11. The largest absolute Gasteiger partial charge is 0.361 e. The van der Waals surface area contributed by atoms with Crippen molar-refractivity contribution in [3.8, 4) is 0 Å². The molecule has 0 amide bonds. The van der Waals surface area contributed by atoms with Crippen molar-refractivity contribution in [2.75, 3.05) is 0 Å². The summed E-state index contributed by atoms with van der Waals surface area (Å²) in [5.74, 6) is 0.854. The first-order valence-electron chi connectivity index (χ1n) is 6.52. The van der Waals surface area contributed by atoms with Crippen molar-refractivity contribution in [1.82, 2.24) is 10.5 Å². The van der Waals surface area contributed by atoms with E-state index in [1.54, 1.807) is 22.7 Å². The lowest BCUT2D eigenvalue weighted by atomic mass is 10.1. The summed E-state index contributed by atoms with van der Waals surface area (Å²) in [7, 11) is 0. The number of rotatable bonds is 6. The Bertz CT molecular complexity index is 629. The molecule has 3 aromatic rings. The van der Waals surface area contributed by atoms with E-state index in [4.69, 9.17) is 4.52 Å². The Hall–Kier alpha value is -1.43. The van der Waals surface area contributed by atoms with E-state index in [0.29, 0.717) is 6.04 Å². The van der Waals surface area contributed by atoms with Gasteiger partial charge in [-0.15, -0.1) is 22.7 Å². The van der Waals surface area contributed by atoms with Crippen molar-refractivity contribution in [3.05, 3.63) is 62.3 Å². The van der Waals surface area contributed by atoms with Crippen molar-refractivity contribution in [3.63, 3.8) is 0 Å².